The maximum absolute atomic E-state index is 13.1. The van der Waals surface area contributed by atoms with Crippen molar-refractivity contribution in [2.24, 2.45) is 5.92 Å². The summed E-state index contributed by atoms with van der Waals surface area (Å²) in [6.07, 6.45) is 1.54. The van der Waals surface area contributed by atoms with Crippen LogP contribution in [-0.4, -0.2) is 55.3 Å². The van der Waals surface area contributed by atoms with Crippen molar-refractivity contribution in [1.82, 2.24) is 14.9 Å². The summed E-state index contributed by atoms with van der Waals surface area (Å²) >= 11 is 1.39. The molecule has 1 aliphatic rings. The third-order valence-electron chi connectivity index (χ3n) is 3.94. The van der Waals surface area contributed by atoms with Crippen molar-refractivity contribution in [3.8, 4) is 0 Å². The molecule has 2 amide bonds. The van der Waals surface area contributed by atoms with Crippen LogP contribution in [0.1, 0.15) is 24.2 Å². The highest BCUT2D eigenvalue weighted by Gasteiger charge is 2.40. The molecule has 2 N–H and O–H groups in total. The van der Waals surface area contributed by atoms with Gasteiger partial charge in [0.2, 0.25) is 15.9 Å². The third-order valence-corrected chi connectivity index (χ3v) is 6.97. The van der Waals surface area contributed by atoms with E-state index in [9.17, 15) is 18.0 Å². The number of sulfonamides is 1. The minimum atomic E-state index is -3.90. The van der Waals surface area contributed by atoms with E-state index in [1.807, 2.05) is 13.8 Å². The van der Waals surface area contributed by atoms with Crippen LogP contribution in [0.2, 0.25) is 0 Å². The lowest BCUT2D eigenvalue weighted by molar-refractivity contribution is -0.123. The highest BCUT2D eigenvalue weighted by molar-refractivity contribution is 8.00. The third kappa shape index (κ3) is 5.33. The molecule has 1 aromatic carbocycles. The topological polar surface area (TPSA) is 95.6 Å². The van der Waals surface area contributed by atoms with E-state index < -0.39 is 16.1 Å². The SMILES string of the molecule is C=CCNC(=O)c1cccc(S(=O)(=O)N2CSCC2C(=O)NCC(C)C)c1. The molecule has 0 bridgehead atoms. The summed E-state index contributed by atoms with van der Waals surface area (Å²) in [6, 6.07) is 5.08. The molecule has 0 spiro atoms. The Labute approximate surface area is 164 Å². The fraction of sp³-hybridized carbons (Fsp3) is 0.444. The molecule has 148 valence electrons. The highest BCUT2D eigenvalue weighted by atomic mass is 32.2. The zero-order valence-corrected chi connectivity index (χ0v) is 17.1. The molecule has 7 nitrogen and oxygen atoms in total. The first-order valence-corrected chi connectivity index (χ1v) is 11.2. The van der Waals surface area contributed by atoms with Gasteiger partial charge in [0, 0.05) is 24.4 Å². The molecular weight excluding hydrogens is 386 g/mol. The van der Waals surface area contributed by atoms with Gasteiger partial charge in [-0.15, -0.1) is 18.3 Å². The maximum atomic E-state index is 13.1. The van der Waals surface area contributed by atoms with E-state index in [-0.39, 0.29) is 40.6 Å². The van der Waals surface area contributed by atoms with Gasteiger partial charge in [0.25, 0.3) is 5.91 Å². The number of hydrogen-bond donors (Lipinski definition) is 2. The van der Waals surface area contributed by atoms with Gasteiger partial charge in [0.05, 0.1) is 10.8 Å². The Bertz CT molecular complexity index is 809. The lowest BCUT2D eigenvalue weighted by Crippen LogP contribution is -2.47. The molecule has 0 saturated carbocycles. The average molecular weight is 412 g/mol. The van der Waals surface area contributed by atoms with E-state index in [0.717, 1.165) is 0 Å². The first-order valence-electron chi connectivity index (χ1n) is 8.63. The zero-order chi connectivity index (χ0) is 20.0. The maximum Gasteiger partial charge on any atom is 0.251 e. The van der Waals surface area contributed by atoms with Crippen LogP contribution in [0.25, 0.3) is 0 Å². The van der Waals surface area contributed by atoms with Crippen LogP contribution in [-0.2, 0) is 14.8 Å². The summed E-state index contributed by atoms with van der Waals surface area (Å²) in [5, 5.41) is 5.42. The van der Waals surface area contributed by atoms with Crippen molar-refractivity contribution >= 4 is 33.6 Å². The summed E-state index contributed by atoms with van der Waals surface area (Å²) in [4.78, 5) is 24.5. The zero-order valence-electron chi connectivity index (χ0n) is 15.5. The lowest BCUT2D eigenvalue weighted by Gasteiger charge is -2.23. The number of nitrogens with one attached hydrogen (secondary N) is 2. The highest BCUT2D eigenvalue weighted by Crippen LogP contribution is 2.28. The number of hydrogen-bond acceptors (Lipinski definition) is 5. The van der Waals surface area contributed by atoms with Gasteiger partial charge >= 0.3 is 0 Å². The van der Waals surface area contributed by atoms with Gasteiger partial charge in [-0.1, -0.05) is 26.0 Å². The quantitative estimate of drug-likeness (QED) is 0.631. The standard InChI is InChI=1S/C18H25N3O4S2/c1-4-8-19-17(22)14-6-5-7-15(9-14)27(24,25)21-12-26-11-16(21)18(23)20-10-13(2)3/h4-7,9,13,16H,1,8,10-12H2,2-3H3,(H,19,22)(H,20,23). The number of rotatable bonds is 8. The van der Waals surface area contributed by atoms with Crippen molar-refractivity contribution in [1.29, 1.82) is 0 Å². The van der Waals surface area contributed by atoms with Crippen LogP contribution >= 0.6 is 11.8 Å². The molecule has 0 radical (unpaired) electrons. The number of benzene rings is 1. The van der Waals surface area contributed by atoms with Gasteiger partial charge in [-0.2, -0.15) is 4.31 Å². The Balaban J connectivity index is 2.22. The largest absolute Gasteiger partial charge is 0.354 e. The molecule has 0 aromatic heterocycles. The van der Waals surface area contributed by atoms with Crippen LogP contribution in [0.5, 0.6) is 0 Å². The number of nitrogens with zero attached hydrogens (tertiary/aromatic N) is 1. The van der Waals surface area contributed by atoms with Crippen LogP contribution in [0.15, 0.2) is 41.8 Å². The van der Waals surface area contributed by atoms with Gasteiger partial charge < -0.3 is 10.6 Å². The molecule has 1 saturated heterocycles. The fourth-order valence-corrected chi connectivity index (χ4v) is 5.69. The molecule has 2 rings (SSSR count). The van der Waals surface area contributed by atoms with Crippen LogP contribution < -0.4 is 10.6 Å². The molecule has 0 aliphatic carbocycles. The Morgan fingerprint density at radius 1 is 1.37 bits per heavy atom. The summed E-state index contributed by atoms with van der Waals surface area (Å²) in [5.74, 6) is 0.211. The molecule has 1 unspecified atom stereocenters. The van der Waals surface area contributed by atoms with E-state index in [1.54, 1.807) is 12.1 Å². The molecule has 1 atom stereocenters. The molecule has 9 heteroatoms. The smallest absolute Gasteiger partial charge is 0.251 e. The van der Waals surface area contributed by atoms with Gasteiger partial charge in [-0.3, -0.25) is 9.59 Å². The minimum Gasteiger partial charge on any atom is -0.354 e. The summed E-state index contributed by atoms with van der Waals surface area (Å²) in [5.41, 5.74) is 0.241. The molecule has 1 aromatic rings. The van der Waals surface area contributed by atoms with E-state index in [1.165, 1.54) is 34.3 Å². The number of amides is 2. The second kappa shape index (κ2) is 9.38. The van der Waals surface area contributed by atoms with Gasteiger partial charge in [-0.05, 0) is 24.1 Å². The molecule has 1 aliphatic heterocycles. The van der Waals surface area contributed by atoms with Crippen LogP contribution in [0.4, 0.5) is 0 Å². The summed E-state index contributed by atoms with van der Waals surface area (Å²) < 4.78 is 27.3. The molecule has 1 heterocycles. The summed E-state index contributed by atoms with van der Waals surface area (Å²) in [7, 11) is -3.90. The molecule has 27 heavy (non-hydrogen) atoms. The number of carbonyl (C=O) groups excluding carboxylic acids is 2. The lowest BCUT2D eigenvalue weighted by atomic mass is 10.2. The Morgan fingerprint density at radius 2 is 2.11 bits per heavy atom. The fourth-order valence-electron chi connectivity index (χ4n) is 2.49. The average Bonchev–Trinajstić information content (AvgIpc) is 3.15. The van der Waals surface area contributed by atoms with Gasteiger partial charge in [0.15, 0.2) is 0 Å². The van der Waals surface area contributed by atoms with E-state index >= 15 is 0 Å². The van der Waals surface area contributed by atoms with Crippen molar-refractivity contribution in [2.75, 3.05) is 24.7 Å². The Kier molecular flexibility index (Phi) is 7.46. The normalized spacial score (nSPS) is 17.7. The van der Waals surface area contributed by atoms with E-state index in [4.69, 9.17) is 0 Å². The van der Waals surface area contributed by atoms with Gasteiger partial charge in [-0.25, -0.2) is 8.42 Å². The monoisotopic (exact) mass is 411 g/mol. The van der Waals surface area contributed by atoms with Crippen molar-refractivity contribution in [3.63, 3.8) is 0 Å². The second-order valence-electron chi connectivity index (χ2n) is 6.57. The number of thioether (sulfide) groups is 1. The molecule has 1 fully saturated rings. The first kappa shape index (κ1) is 21.5. The van der Waals surface area contributed by atoms with Crippen molar-refractivity contribution in [3.05, 3.63) is 42.5 Å². The predicted molar refractivity (Wildman–Crippen MR) is 107 cm³/mol. The summed E-state index contributed by atoms with van der Waals surface area (Å²) in [6.45, 7) is 8.26. The predicted octanol–water partition coefficient (Wildman–Crippen LogP) is 1.44. The second-order valence-corrected chi connectivity index (χ2v) is 9.46. The van der Waals surface area contributed by atoms with Crippen molar-refractivity contribution < 1.29 is 18.0 Å². The first-order chi connectivity index (χ1) is 12.8. The van der Waals surface area contributed by atoms with E-state index in [2.05, 4.69) is 17.2 Å². The van der Waals surface area contributed by atoms with E-state index in [0.29, 0.717) is 12.3 Å². The van der Waals surface area contributed by atoms with Crippen LogP contribution in [0.3, 0.4) is 0 Å². The van der Waals surface area contributed by atoms with Gasteiger partial charge in [0.1, 0.15) is 6.04 Å². The Hall–Kier alpha value is -1.84. The molecular formula is C18H25N3O4S2. The Morgan fingerprint density at radius 3 is 2.78 bits per heavy atom. The van der Waals surface area contributed by atoms with Crippen LogP contribution in [0, 0.1) is 5.92 Å². The number of carbonyl (C=O) groups is 2. The van der Waals surface area contributed by atoms with Crippen molar-refractivity contribution in [2.45, 2.75) is 24.8 Å². The minimum absolute atomic E-state index is 0.00193.